The highest BCUT2D eigenvalue weighted by atomic mass is 16.2. The molecule has 0 unspecified atom stereocenters. The molecule has 1 aliphatic carbocycles. The molecule has 0 saturated heterocycles. The topological polar surface area (TPSA) is 68.4 Å². The number of benzene rings is 1. The number of aromatic nitrogens is 1. The molecular formula is C24H36N4O2. The van der Waals surface area contributed by atoms with Gasteiger partial charge in [-0.3, -0.25) is 4.79 Å². The van der Waals surface area contributed by atoms with Gasteiger partial charge in [0.1, 0.15) is 0 Å². The van der Waals surface area contributed by atoms with Crippen molar-refractivity contribution in [3.8, 4) is 0 Å². The van der Waals surface area contributed by atoms with Crippen molar-refractivity contribution in [2.75, 3.05) is 27.2 Å². The number of hydrogen-bond acceptors (Lipinski definition) is 3. The summed E-state index contributed by atoms with van der Waals surface area (Å²) in [5.74, 6) is 0. The highest BCUT2D eigenvalue weighted by molar-refractivity contribution is 5.83. The number of urea groups is 1. The van der Waals surface area contributed by atoms with Crippen LogP contribution in [-0.4, -0.2) is 54.0 Å². The zero-order valence-electron chi connectivity index (χ0n) is 18.9. The second kappa shape index (κ2) is 10.1. The summed E-state index contributed by atoms with van der Waals surface area (Å²) in [6.07, 6.45) is 6.57. The lowest BCUT2D eigenvalue weighted by atomic mass is 9.96. The van der Waals surface area contributed by atoms with E-state index < -0.39 is 0 Å². The standard InChI is InChI=1S/C24H36N4O2/c1-17-13-18(2)22-19(14-17)15-20(23(29)26-22)16-28(12-8-11-27(3)4)24(30)25-21-9-6-5-7-10-21/h13-15,21H,5-12,16H2,1-4H3,(H,25,30)(H,26,29). The Bertz CT molecular complexity index is 929. The molecule has 2 N–H and O–H groups in total. The van der Waals surface area contributed by atoms with Gasteiger partial charge in [-0.2, -0.15) is 0 Å². The zero-order valence-corrected chi connectivity index (χ0v) is 18.9. The van der Waals surface area contributed by atoms with Crippen LogP contribution in [0.25, 0.3) is 10.9 Å². The number of carbonyl (C=O) groups is 1. The van der Waals surface area contributed by atoms with Crippen molar-refractivity contribution in [2.24, 2.45) is 0 Å². The Kier molecular flexibility index (Phi) is 7.53. The van der Waals surface area contributed by atoms with Gasteiger partial charge in [0.05, 0.1) is 12.1 Å². The molecule has 0 bridgehead atoms. The summed E-state index contributed by atoms with van der Waals surface area (Å²) in [6, 6.07) is 6.30. The van der Waals surface area contributed by atoms with Crippen LogP contribution in [0.4, 0.5) is 4.79 Å². The van der Waals surface area contributed by atoms with E-state index in [0.717, 1.165) is 47.8 Å². The van der Waals surface area contributed by atoms with Gasteiger partial charge < -0.3 is 20.1 Å². The summed E-state index contributed by atoms with van der Waals surface area (Å²) in [4.78, 5) is 32.8. The molecule has 1 aromatic heterocycles. The van der Waals surface area contributed by atoms with Crippen molar-refractivity contribution in [3.05, 3.63) is 45.2 Å². The number of fused-ring (bicyclic) bond motifs is 1. The Morgan fingerprint density at radius 1 is 1.10 bits per heavy atom. The predicted molar refractivity (Wildman–Crippen MR) is 123 cm³/mol. The third kappa shape index (κ3) is 5.85. The number of pyridine rings is 1. The van der Waals surface area contributed by atoms with E-state index in [-0.39, 0.29) is 17.6 Å². The summed E-state index contributed by atoms with van der Waals surface area (Å²) in [6.45, 7) is 5.92. The molecular weight excluding hydrogens is 376 g/mol. The van der Waals surface area contributed by atoms with Crippen LogP contribution in [0, 0.1) is 13.8 Å². The normalized spacial score (nSPS) is 15.0. The number of nitrogens with zero attached hydrogens (tertiary/aromatic N) is 2. The molecule has 3 rings (SSSR count). The van der Waals surface area contributed by atoms with Crippen molar-refractivity contribution in [1.82, 2.24) is 20.1 Å². The number of aryl methyl sites for hydroxylation is 2. The van der Waals surface area contributed by atoms with Crippen LogP contribution < -0.4 is 10.9 Å². The highest BCUT2D eigenvalue weighted by Crippen LogP contribution is 2.20. The molecule has 30 heavy (non-hydrogen) atoms. The summed E-state index contributed by atoms with van der Waals surface area (Å²) in [7, 11) is 4.07. The van der Waals surface area contributed by atoms with Crippen molar-refractivity contribution in [2.45, 2.75) is 65.0 Å². The Morgan fingerprint density at radius 3 is 2.53 bits per heavy atom. The van der Waals surface area contributed by atoms with Gasteiger partial charge in [-0.05, 0) is 76.8 Å². The molecule has 164 valence electrons. The van der Waals surface area contributed by atoms with Crippen LogP contribution in [-0.2, 0) is 6.54 Å². The zero-order chi connectivity index (χ0) is 21.7. The molecule has 1 saturated carbocycles. The van der Waals surface area contributed by atoms with Crippen molar-refractivity contribution in [3.63, 3.8) is 0 Å². The lowest BCUT2D eigenvalue weighted by Gasteiger charge is -2.29. The number of hydrogen-bond donors (Lipinski definition) is 2. The number of carbonyl (C=O) groups excluding carboxylic acids is 1. The SMILES string of the molecule is Cc1cc(C)c2[nH]c(=O)c(CN(CCCN(C)C)C(=O)NC3CCCCC3)cc2c1. The molecule has 1 aromatic carbocycles. The second-order valence-corrected chi connectivity index (χ2v) is 9.03. The summed E-state index contributed by atoms with van der Waals surface area (Å²) in [5, 5.41) is 4.23. The maximum Gasteiger partial charge on any atom is 0.317 e. The fraction of sp³-hybridized carbons (Fsp3) is 0.583. The molecule has 6 nitrogen and oxygen atoms in total. The lowest BCUT2D eigenvalue weighted by molar-refractivity contribution is 0.184. The lowest BCUT2D eigenvalue weighted by Crippen LogP contribution is -2.46. The van der Waals surface area contributed by atoms with E-state index in [1.54, 1.807) is 4.90 Å². The Labute approximate surface area is 179 Å². The van der Waals surface area contributed by atoms with Gasteiger partial charge in [-0.15, -0.1) is 0 Å². The average molecular weight is 413 g/mol. The molecule has 0 radical (unpaired) electrons. The molecule has 1 aliphatic rings. The molecule has 1 fully saturated rings. The van der Waals surface area contributed by atoms with Crippen molar-refractivity contribution in [1.29, 1.82) is 0 Å². The van der Waals surface area contributed by atoms with E-state index in [0.29, 0.717) is 18.7 Å². The summed E-state index contributed by atoms with van der Waals surface area (Å²) < 4.78 is 0. The quantitative estimate of drug-likeness (QED) is 0.724. The van der Waals surface area contributed by atoms with Gasteiger partial charge in [0.15, 0.2) is 0 Å². The molecule has 2 amide bonds. The van der Waals surface area contributed by atoms with E-state index in [2.05, 4.69) is 34.3 Å². The molecule has 1 heterocycles. The van der Waals surface area contributed by atoms with Crippen LogP contribution in [0.1, 0.15) is 55.2 Å². The first-order valence-electron chi connectivity index (χ1n) is 11.2. The Balaban J connectivity index is 1.81. The maximum absolute atomic E-state index is 13.1. The van der Waals surface area contributed by atoms with E-state index in [9.17, 15) is 9.59 Å². The second-order valence-electron chi connectivity index (χ2n) is 9.03. The van der Waals surface area contributed by atoms with Crippen LogP contribution in [0.5, 0.6) is 0 Å². The number of rotatable bonds is 7. The van der Waals surface area contributed by atoms with E-state index in [4.69, 9.17) is 0 Å². The minimum absolute atomic E-state index is 0.0550. The molecule has 0 aliphatic heterocycles. The minimum atomic E-state index is -0.113. The third-order valence-corrected chi connectivity index (χ3v) is 5.98. The molecule has 6 heteroatoms. The van der Waals surface area contributed by atoms with Crippen molar-refractivity contribution >= 4 is 16.9 Å². The van der Waals surface area contributed by atoms with Crippen LogP contribution >= 0.6 is 0 Å². The third-order valence-electron chi connectivity index (χ3n) is 5.98. The maximum atomic E-state index is 13.1. The smallest absolute Gasteiger partial charge is 0.317 e. The number of aromatic amines is 1. The van der Waals surface area contributed by atoms with Crippen LogP contribution in [0.15, 0.2) is 23.0 Å². The number of amides is 2. The Hall–Kier alpha value is -2.34. The summed E-state index contributed by atoms with van der Waals surface area (Å²) in [5.41, 5.74) is 3.62. The first-order chi connectivity index (χ1) is 14.3. The summed E-state index contributed by atoms with van der Waals surface area (Å²) >= 11 is 0. The van der Waals surface area contributed by atoms with Gasteiger partial charge in [0, 0.05) is 18.2 Å². The van der Waals surface area contributed by atoms with E-state index in [1.165, 1.54) is 19.3 Å². The van der Waals surface area contributed by atoms with Gasteiger partial charge in [0.2, 0.25) is 0 Å². The van der Waals surface area contributed by atoms with Gasteiger partial charge >= 0.3 is 6.03 Å². The van der Waals surface area contributed by atoms with Crippen LogP contribution in [0.2, 0.25) is 0 Å². The molecule has 2 aromatic rings. The number of H-pyrrole nitrogens is 1. The average Bonchev–Trinajstić information content (AvgIpc) is 2.68. The highest BCUT2D eigenvalue weighted by Gasteiger charge is 2.21. The van der Waals surface area contributed by atoms with E-state index >= 15 is 0 Å². The first kappa shape index (κ1) is 22.3. The first-order valence-corrected chi connectivity index (χ1v) is 11.2. The fourth-order valence-corrected chi connectivity index (χ4v) is 4.40. The van der Waals surface area contributed by atoms with Gasteiger partial charge in [-0.1, -0.05) is 30.9 Å². The van der Waals surface area contributed by atoms with Crippen molar-refractivity contribution < 1.29 is 4.79 Å². The predicted octanol–water partition coefficient (Wildman–Crippen LogP) is 3.94. The number of nitrogens with one attached hydrogen (secondary N) is 2. The van der Waals surface area contributed by atoms with Gasteiger partial charge in [0.25, 0.3) is 5.56 Å². The largest absolute Gasteiger partial charge is 0.335 e. The fourth-order valence-electron chi connectivity index (χ4n) is 4.40. The monoisotopic (exact) mass is 412 g/mol. The minimum Gasteiger partial charge on any atom is -0.335 e. The van der Waals surface area contributed by atoms with Gasteiger partial charge in [-0.25, -0.2) is 4.79 Å². The molecule has 0 atom stereocenters. The van der Waals surface area contributed by atoms with E-state index in [1.807, 2.05) is 27.1 Å². The van der Waals surface area contributed by atoms with Crippen LogP contribution in [0.3, 0.4) is 0 Å². The molecule has 0 spiro atoms. The Morgan fingerprint density at radius 2 is 1.83 bits per heavy atom.